The van der Waals surface area contributed by atoms with Crippen molar-refractivity contribution in [3.05, 3.63) is 113 Å². The van der Waals surface area contributed by atoms with Crippen LogP contribution in [0.1, 0.15) is 61.0 Å². The van der Waals surface area contributed by atoms with Crippen molar-refractivity contribution >= 4 is 11.8 Å². The summed E-state index contributed by atoms with van der Waals surface area (Å²) >= 11 is 0. The highest BCUT2D eigenvalue weighted by Crippen LogP contribution is 2.18. The van der Waals surface area contributed by atoms with Gasteiger partial charge in [-0.2, -0.15) is 0 Å². The molecule has 0 bridgehead atoms. The van der Waals surface area contributed by atoms with Crippen LogP contribution in [0.2, 0.25) is 0 Å². The lowest BCUT2D eigenvalue weighted by Gasteiger charge is -2.07. The Morgan fingerprint density at radius 3 is 1.62 bits per heavy atom. The molecule has 5 aromatic heterocycles. The molecule has 0 saturated heterocycles. The summed E-state index contributed by atoms with van der Waals surface area (Å²) in [5, 5.41) is 0. The molecule has 5 aromatic rings. The fourth-order valence-corrected chi connectivity index (χ4v) is 3.97. The van der Waals surface area contributed by atoms with Crippen molar-refractivity contribution < 1.29 is 9.59 Å². The minimum absolute atomic E-state index is 0.117. The van der Waals surface area contributed by atoms with E-state index in [9.17, 15) is 9.59 Å². The molecule has 0 unspecified atom stereocenters. The molecule has 0 fully saturated rings. The number of primary amides is 2. The van der Waals surface area contributed by atoms with Crippen molar-refractivity contribution in [1.29, 1.82) is 0 Å². The average Bonchev–Trinajstić information content (AvgIpc) is 3.50. The number of imidazole rings is 2. The van der Waals surface area contributed by atoms with Crippen molar-refractivity contribution in [3.63, 3.8) is 0 Å². The zero-order valence-corrected chi connectivity index (χ0v) is 23.5. The predicted molar refractivity (Wildman–Crippen MR) is 157 cm³/mol. The van der Waals surface area contributed by atoms with E-state index in [1.807, 2.05) is 45.0 Å². The van der Waals surface area contributed by atoms with Gasteiger partial charge in [0, 0.05) is 29.3 Å². The highest BCUT2D eigenvalue weighted by molar-refractivity contribution is 5.91. The molecule has 0 atom stereocenters. The van der Waals surface area contributed by atoms with Gasteiger partial charge < -0.3 is 11.5 Å². The number of carbonyl (C=O) groups is 2. The number of nitrogens with zero attached hydrogens (tertiary/aromatic N) is 7. The maximum atomic E-state index is 11.8. The number of amides is 2. The van der Waals surface area contributed by atoms with E-state index < -0.39 is 11.8 Å². The number of nitrogens with two attached hydrogens (primary N) is 2. The van der Waals surface area contributed by atoms with Gasteiger partial charge in [0.25, 0.3) is 11.8 Å². The second-order valence-electron chi connectivity index (χ2n) is 9.08. The quantitative estimate of drug-likeness (QED) is 0.321. The Balaban J connectivity index is 0.000000201. The molecule has 5 rings (SSSR count). The third-order valence-corrected chi connectivity index (χ3v) is 6.11. The van der Waals surface area contributed by atoms with Crippen molar-refractivity contribution in [2.24, 2.45) is 11.5 Å². The molecule has 11 nitrogen and oxygen atoms in total. The smallest absolute Gasteiger partial charge is 0.285 e. The standard InChI is InChI=1S/C18H15N5O.C13H12N4O/c1-12-3-5-15(11-21-12)23-13(2)16(22-18(23)17(19)24)6-4-14-7-9-20-10-8-14;1-4-11-9(3)17(13(16-11)12(14)18)10-6-5-8(2)15-7-10/h3,5,7-11H,1-2H3,(H2,19,24);1,5-7H,2-3H3,(H2,14,18). The fraction of sp³-hybridized carbons (Fsp3) is 0.129. The van der Waals surface area contributed by atoms with Crippen LogP contribution in [-0.4, -0.2) is 45.9 Å². The number of aryl methyl sites for hydroxylation is 2. The first-order valence-electron chi connectivity index (χ1n) is 12.6. The number of hydrogen-bond donors (Lipinski definition) is 2. The first-order chi connectivity index (χ1) is 20.1. The summed E-state index contributed by atoms with van der Waals surface area (Å²) in [4.78, 5) is 43.9. The van der Waals surface area contributed by atoms with E-state index >= 15 is 0 Å². The summed E-state index contributed by atoms with van der Waals surface area (Å²) in [7, 11) is 0. The molecule has 5 heterocycles. The van der Waals surface area contributed by atoms with Crippen LogP contribution in [0.25, 0.3) is 11.4 Å². The Kier molecular flexibility index (Phi) is 8.55. The zero-order chi connectivity index (χ0) is 30.4. The molecular formula is C31H27N9O2. The van der Waals surface area contributed by atoms with Gasteiger partial charge in [0.15, 0.2) is 0 Å². The molecule has 0 saturated carbocycles. The Morgan fingerprint density at radius 2 is 1.19 bits per heavy atom. The minimum atomic E-state index is -0.625. The lowest BCUT2D eigenvalue weighted by Crippen LogP contribution is -2.18. The first kappa shape index (κ1) is 28.9. The van der Waals surface area contributed by atoms with Gasteiger partial charge in [-0.25, -0.2) is 9.97 Å². The number of hydrogen-bond acceptors (Lipinski definition) is 7. The molecule has 0 radical (unpaired) electrons. The van der Waals surface area contributed by atoms with Crippen molar-refractivity contribution in [1.82, 2.24) is 34.1 Å². The molecule has 11 heteroatoms. The Bertz CT molecular complexity index is 1870. The van der Waals surface area contributed by atoms with Gasteiger partial charge in [0.1, 0.15) is 11.4 Å². The van der Waals surface area contributed by atoms with Crippen LogP contribution >= 0.6 is 0 Å². The van der Waals surface area contributed by atoms with Crippen molar-refractivity contribution in [2.75, 3.05) is 0 Å². The maximum absolute atomic E-state index is 11.8. The van der Waals surface area contributed by atoms with Crippen LogP contribution in [0.15, 0.2) is 61.2 Å². The number of rotatable bonds is 4. The number of aromatic nitrogens is 7. The molecule has 0 aliphatic heterocycles. The van der Waals surface area contributed by atoms with E-state index in [1.165, 1.54) is 0 Å². The fourth-order valence-electron chi connectivity index (χ4n) is 3.97. The molecule has 0 aliphatic rings. The van der Waals surface area contributed by atoms with E-state index in [0.29, 0.717) is 22.8 Å². The van der Waals surface area contributed by atoms with Crippen molar-refractivity contribution in [2.45, 2.75) is 27.7 Å². The van der Waals surface area contributed by atoms with Gasteiger partial charge in [-0.1, -0.05) is 5.92 Å². The Morgan fingerprint density at radius 1 is 0.714 bits per heavy atom. The predicted octanol–water partition coefficient (Wildman–Crippen LogP) is 2.74. The van der Waals surface area contributed by atoms with Gasteiger partial charge in [-0.3, -0.25) is 33.7 Å². The third kappa shape index (κ3) is 6.22. The van der Waals surface area contributed by atoms with Gasteiger partial charge >= 0.3 is 0 Å². The second-order valence-corrected chi connectivity index (χ2v) is 9.08. The molecular weight excluding hydrogens is 530 g/mol. The van der Waals surface area contributed by atoms with Crippen LogP contribution in [0.3, 0.4) is 0 Å². The van der Waals surface area contributed by atoms with Crippen LogP contribution in [0.5, 0.6) is 0 Å². The molecule has 0 aromatic carbocycles. The van der Waals surface area contributed by atoms with E-state index in [0.717, 1.165) is 28.3 Å². The second kappa shape index (κ2) is 12.4. The maximum Gasteiger partial charge on any atom is 0.285 e. The highest BCUT2D eigenvalue weighted by Gasteiger charge is 2.19. The minimum Gasteiger partial charge on any atom is -0.363 e. The lowest BCUT2D eigenvalue weighted by atomic mass is 10.2. The molecule has 0 aliphatic carbocycles. The van der Waals surface area contributed by atoms with E-state index in [2.05, 4.69) is 42.7 Å². The van der Waals surface area contributed by atoms with Crippen LogP contribution in [0.4, 0.5) is 0 Å². The topological polar surface area (TPSA) is 160 Å². The molecule has 4 N–H and O–H groups in total. The summed E-state index contributed by atoms with van der Waals surface area (Å²) in [6, 6.07) is 11.0. The largest absolute Gasteiger partial charge is 0.363 e. The number of terminal acetylenes is 1. The molecule has 2 amide bonds. The highest BCUT2D eigenvalue weighted by atomic mass is 16.1. The number of carbonyl (C=O) groups excluding carboxylic acids is 2. The lowest BCUT2D eigenvalue weighted by molar-refractivity contribution is 0.0980. The molecule has 42 heavy (non-hydrogen) atoms. The first-order valence-corrected chi connectivity index (χ1v) is 12.6. The van der Waals surface area contributed by atoms with Gasteiger partial charge in [-0.15, -0.1) is 6.42 Å². The van der Waals surface area contributed by atoms with Crippen LogP contribution < -0.4 is 11.5 Å². The zero-order valence-electron chi connectivity index (χ0n) is 23.5. The summed E-state index contributed by atoms with van der Waals surface area (Å²) in [6.45, 7) is 7.40. The van der Waals surface area contributed by atoms with Crippen LogP contribution in [0, 0.1) is 51.9 Å². The summed E-state index contributed by atoms with van der Waals surface area (Å²) in [5.74, 6) is 7.44. The van der Waals surface area contributed by atoms with Gasteiger partial charge in [0.05, 0.1) is 35.2 Å². The molecule has 0 spiro atoms. The van der Waals surface area contributed by atoms with E-state index in [-0.39, 0.29) is 11.6 Å². The number of pyridine rings is 3. The van der Waals surface area contributed by atoms with E-state index in [1.54, 1.807) is 53.0 Å². The van der Waals surface area contributed by atoms with E-state index in [4.69, 9.17) is 17.9 Å². The van der Waals surface area contributed by atoms with Crippen molar-refractivity contribution in [3.8, 4) is 35.6 Å². The Labute approximate surface area is 242 Å². The summed E-state index contributed by atoms with van der Waals surface area (Å²) in [6.07, 6.45) is 12.0. The Hall–Kier alpha value is -6.07. The van der Waals surface area contributed by atoms with Gasteiger partial charge in [-0.05, 0) is 75.9 Å². The third-order valence-electron chi connectivity index (χ3n) is 6.11. The molecule has 208 valence electrons. The normalized spacial score (nSPS) is 10.1. The summed E-state index contributed by atoms with van der Waals surface area (Å²) in [5.41, 5.74) is 17.1. The average molecular weight is 558 g/mol. The van der Waals surface area contributed by atoms with Crippen LogP contribution in [-0.2, 0) is 0 Å². The van der Waals surface area contributed by atoms with Gasteiger partial charge in [0.2, 0.25) is 11.6 Å². The monoisotopic (exact) mass is 557 g/mol. The summed E-state index contributed by atoms with van der Waals surface area (Å²) < 4.78 is 3.29. The SMILES string of the molecule is C#Cc1nc(C(N)=O)n(-c2ccc(C)nc2)c1C.Cc1ccc(-n2c(C(N)=O)nc(C#Cc3ccncc3)c2C)cn1.